The summed E-state index contributed by atoms with van der Waals surface area (Å²) < 4.78 is 33.2. The van der Waals surface area contributed by atoms with Crippen LogP contribution in [0, 0.1) is 6.92 Å². The van der Waals surface area contributed by atoms with E-state index in [1.54, 1.807) is 30.3 Å². The van der Waals surface area contributed by atoms with Gasteiger partial charge >= 0.3 is 0 Å². The summed E-state index contributed by atoms with van der Waals surface area (Å²) in [5.41, 5.74) is 1.33. The third-order valence-electron chi connectivity index (χ3n) is 3.43. The fourth-order valence-corrected chi connectivity index (χ4v) is 4.72. The molecule has 7 heteroatoms. The smallest absolute Gasteiger partial charge is 0.264 e. The molecule has 0 unspecified atom stereocenters. The molecule has 0 bridgehead atoms. The number of hydrogen-bond acceptors (Lipinski definition) is 3. The number of nitrogens with zero attached hydrogens (tertiary/aromatic N) is 1. The van der Waals surface area contributed by atoms with Gasteiger partial charge in [-0.3, -0.25) is 4.31 Å². The normalized spacial score (nSPS) is 11.2. The van der Waals surface area contributed by atoms with E-state index in [1.807, 2.05) is 6.92 Å². The van der Waals surface area contributed by atoms with E-state index >= 15 is 0 Å². The van der Waals surface area contributed by atoms with Crippen LogP contribution in [0.15, 0.2) is 58.4 Å². The summed E-state index contributed by atoms with van der Waals surface area (Å²) >= 11 is 9.30. The van der Waals surface area contributed by atoms with Gasteiger partial charge in [0.2, 0.25) is 0 Å². The number of halogens is 2. The van der Waals surface area contributed by atoms with Crippen LogP contribution in [0.25, 0.3) is 0 Å². The molecule has 2 aromatic rings. The van der Waals surface area contributed by atoms with Crippen molar-refractivity contribution >= 4 is 43.2 Å². The molecule has 0 aliphatic rings. The van der Waals surface area contributed by atoms with Gasteiger partial charge in [0, 0.05) is 5.02 Å². The Morgan fingerprint density at radius 1 is 1.29 bits per heavy atom. The van der Waals surface area contributed by atoms with E-state index in [2.05, 4.69) is 22.5 Å². The van der Waals surface area contributed by atoms with Gasteiger partial charge in [-0.25, -0.2) is 8.42 Å². The van der Waals surface area contributed by atoms with Gasteiger partial charge in [-0.1, -0.05) is 17.7 Å². The summed E-state index contributed by atoms with van der Waals surface area (Å²) in [5.74, 6) is 0.562. The second-order valence-corrected chi connectivity index (χ2v) is 8.21. The first kappa shape index (κ1) is 18.8. The average Bonchev–Trinajstić information content (AvgIpc) is 2.53. The van der Waals surface area contributed by atoms with Crippen LogP contribution in [0.3, 0.4) is 0 Å². The molecule has 0 N–H and O–H groups in total. The molecule has 0 radical (unpaired) electrons. The maximum Gasteiger partial charge on any atom is 0.264 e. The molecule has 0 saturated heterocycles. The summed E-state index contributed by atoms with van der Waals surface area (Å²) in [6, 6.07) is 9.73. The minimum absolute atomic E-state index is 0.147. The number of aryl methyl sites for hydroxylation is 1. The van der Waals surface area contributed by atoms with Gasteiger partial charge < -0.3 is 4.74 Å². The molecule has 128 valence electrons. The Hall–Kier alpha value is -1.50. The van der Waals surface area contributed by atoms with Crippen molar-refractivity contribution in [2.24, 2.45) is 0 Å². The second-order valence-electron chi connectivity index (χ2n) is 5.05. The topological polar surface area (TPSA) is 46.6 Å². The van der Waals surface area contributed by atoms with Gasteiger partial charge in [0.1, 0.15) is 5.75 Å². The van der Waals surface area contributed by atoms with Gasteiger partial charge in [0.25, 0.3) is 10.0 Å². The highest BCUT2D eigenvalue weighted by molar-refractivity contribution is 9.10. The second kappa shape index (κ2) is 7.59. The van der Waals surface area contributed by atoms with E-state index in [0.29, 0.717) is 20.9 Å². The quantitative estimate of drug-likeness (QED) is 0.618. The number of hydrogen-bond donors (Lipinski definition) is 0. The van der Waals surface area contributed by atoms with Crippen molar-refractivity contribution in [2.75, 3.05) is 18.0 Å². The molecule has 0 spiro atoms. The molecule has 0 aliphatic heterocycles. The molecule has 0 saturated carbocycles. The molecule has 4 nitrogen and oxygen atoms in total. The molecule has 0 aromatic heterocycles. The fraction of sp³-hybridized carbons (Fsp3) is 0.176. The van der Waals surface area contributed by atoms with E-state index in [1.165, 1.54) is 23.5 Å². The summed E-state index contributed by atoms with van der Waals surface area (Å²) in [4.78, 5) is 0.159. The zero-order valence-corrected chi connectivity index (χ0v) is 16.5. The molecular formula is C17H17BrClNO3S. The minimum Gasteiger partial charge on any atom is -0.496 e. The maximum atomic E-state index is 13.1. The van der Waals surface area contributed by atoms with Crippen LogP contribution in [0.5, 0.6) is 5.75 Å². The number of benzene rings is 2. The third kappa shape index (κ3) is 3.77. The van der Waals surface area contributed by atoms with Gasteiger partial charge in [-0.2, -0.15) is 0 Å². The Morgan fingerprint density at radius 3 is 2.54 bits per heavy atom. The lowest BCUT2D eigenvalue weighted by molar-refractivity contribution is 0.411. The van der Waals surface area contributed by atoms with Gasteiger partial charge in [-0.15, -0.1) is 6.58 Å². The monoisotopic (exact) mass is 429 g/mol. The number of anilines is 1. The lowest BCUT2D eigenvalue weighted by Crippen LogP contribution is -2.31. The summed E-state index contributed by atoms with van der Waals surface area (Å²) in [6.07, 6.45) is 1.55. The summed E-state index contributed by atoms with van der Waals surface area (Å²) in [7, 11) is -2.24. The molecule has 0 fully saturated rings. The van der Waals surface area contributed by atoms with Crippen molar-refractivity contribution in [1.82, 2.24) is 0 Å². The number of sulfonamides is 1. The minimum atomic E-state index is -3.77. The van der Waals surface area contributed by atoms with Crippen molar-refractivity contribution in [3.63, 3.8) is 0 Å². The summed E-state index contributed by atoms with van der Waals surface area (Å²) in [5, 5.41) is 0.555. The molecule has 2 rings (SSSR count). The van der Waals surface area contributed by atoms with Crippen molar-refractivity contribution in [2.45, 2.75) is 11.8 Å². The van der Waals surface area contributed by atoms with Crippen LogP contribution >= 0.6 is 27.5 Å². The largest absolute Gasteiger partial charge is 0.496 e. The van der Waals surface area contributed by atoms with Crippen molar-refractivity contribution < 1.29 is 13.2 Å². The molecule has 0 atom stereocenters. The zero-order valence-electron chi connectivity index (χ0n) is 13.3. The fourth-order valence-electron chi connectivity index (χ4n) is 2.28. The molecule has 0 heterocycles. The van der Waals surface area contributed by atoms with Crippen molar-refractivity contribution in [3.05, 3.63) is 64.1 Å². The lowest BCUT2D eigenvalue weighted by Gasteiger charge is -2.25. The van der Waals surface area contributed by atoms with Crippen molar-refractivity contribution in [3.8, 4) is 5.75 Å². The van der Waals surface area contributed by atoms with Gasteiger partial charge in [0.05, 0.1) is 28.7 Å². The number of methoxy groups -OCH3 is 1. The maximum absolute atomic E-state index is 13.1. The first-order valence-electron chi connectivity index (χ1n) is 7.04. The highest BCUT2D eigenvalue weighted by atomic mass is 79.9. The van der Waals surface area contributed by atoms with E-state index in [4.69, 9.17) is 16.3 Å². The molecule has 0 aliphatic carbocycles. The van der Waals surface area contributed by atoms with Gasteiger partial charge in [-0.05, 0) is 64.8 Å². The van der Waals surface area contributed by atoms with E-state index < -0.39 is 10.0 Å². The van der Waals surface area contributed by atoms with Crippen LogP contribution in [0.1, 0.15) is 5.56 Å². The van der Waals surface area contributed by atoms with Crippen LogP contribution in [-0.4, -0.2) is 22.1 Å². The first-order valence-corrected chi connectivity index (χ1v) is 9.65. The zero-order chi connectivity index (χ0) is 17.9. The lowest BCUT2D eigenvalue weighted by atomic mass is 10.2. The van der Waals surface area contributed by atoms with Crippen LogP contribution < -0.4 is 9.04 Å². The van der Waals surface area contributed by atoms with E-state index in [-0.39, 0.29) is 11.4 Å². The Kier molecular flexibility index (Phi) is 5.96. The highest BCUT2D eigenvalue weighted by Gasteiger charge is 2.26. The van der Waals surface area contributed by atoms with Crippen LogP contribution in [0.4, 0.5) is 5.69 Å². The Bertz CT molecular complexity index is 868. The standard InChI is InChI=1S/C17H17BrClNO3S/c1-4-9-20(16-7-5-13(19)10-12(16)2)24(21,22)14-6-8-17(23-3)15(18)11-14/h4-8,10-11H,1,9H2,2-3H3. The Morgan fingerprint density at radius 2 is 2.00 bits per heavy atom. The first-order chi connectivity index (χ1) is 11.3. The molecular weight excluding hydrogens is 414 g/mol. The molecule has 0 amide bonds. The summed E-state index contributed by atoms with van der Waals surface area (Å²) in [6.45, 7) is 5.63. The van der Waals surface area contributed by atoms with Crippen molar-refractivity contribution in [1.29, 1.82) is 0 Å². The molecule has 2 aromatic carbocycles. The Balaban J connectivity index is 2.57. The third-order valence-corrected chi connectivity index (χ3v) is 6.06. The van der Waals surface area contributed by atoms with Crippen LogP contribution in [0.2, 0.25) is 5.02 Å². The predicted molar refractivity (Wildman–Crippen MR) is 102 cm³/mol. The van der Waals surface area contributed by atoms with Gasteiger partial charge in [0.15, 0.2) is 0 Å². The SMILES string of the molecule is C=CCN(c1ccc(Cl)cc1C)S(=O)(=O)c1ccc(OC)c(Br)c1. The molecule has 24 heavy (non-hydrogen) atoms. The number of ether oxygens (including phenoxy) is 1. The Labute approximate surface area is 155 Å². The number of rotatable bonds is 6. The predicted octanol–water partition coefficient (Wildman–Crippen LogP) is 4.80. The highest BCUT2D eigenvalue weighted by Crippen LogP contribution is 2.32. The van der Waals surface area contributed by atoms with E-state index in [0.717, 1.165) is 5.56 Å². The van der Waals surface area contributed by atoms with Crippen LogP contribution in [-0.2, 0) is 10.0 Å². The average molecular weight is 431 g/mol. The van der Waals surface area contributed by atoms with E-state index in [9.17, 15) is 8.42 Å².